The smallest absolute Gasteiger partial charge is 0.330 e. The Kier molecular flexibility index (Phi) is 2.53. The van der Waals surface area contributed by atoms with Crippen LogP contribution in [0.25, 0.3) is 0 Å². The van der Waals surface area contributed by atoms with E-state index in [0.29, 0.717) is 0 Å². The lowest BCUT2D eigenvalue weighted by atomic mass is 9.70. The fourth-order valence-corrected chi connectivity index (χ4v) is 4.47. The monoisotopic (exact) mass is 220 g/mol. The Morgan fingerprint density at radius 3 is 2.56 bits per heavy atom. The van der Waals surface area contributed by atoms with Gasteiger partial charge in [0.2, 0.25) is 0 Å². The topological polar surface area (TPSA) is 26.3 Å². The summed E-state index contributed by atoms with van der Waals surface area (Å²) in [5, 5.41) is 0. The molecule has 2 nitrogen and oxygen atoms in total. The first-order valence-electron chi connectivity index (χ1n) is 6.61. The van der Waals surface area contributed by atoms with Crippen LogP contribution in [0.15, 0.2) is 12.7 Å². The molecule has 2 bridgehead atoms. The fourth-order valence-electron chi connectivity index (χ4n) is 4.47. The van der Waals surface area contributed by atoms with E-state index in [2.05, 4.69) is 6.58 Å². The minimum atomic E-state index is -0.244. The summed E-state index contributed by atoms with van der Waals surface area (Å²) >= 11 is 0. The summed E-state index contributed by atoms with van der Waals surface area (Å²) in [5.41, 5.74) is 0. The molecular weight excluding hydrogens is 200 g/mol. The van der Waals surface area contributed by atoms with Crippen LogP contribution in [-0.2, 0) is 9.53 Å². The second-order valence-corrected chi connectivity index (χ2v) is 5.74. The van der Waals surface area contributed by atoms with Gasteiger partial charge in [0.1, 0.15) is 6.10 Å². The molecule has 0 aromatic rings. The maximum Gasteiger partial charge on any atom is 0.330 e. The minimum Gasteiger partial charge on any atom is -0.459 e. The lowest BCUT2D eigenvalue weighted by Gasteiger charge is -2.38. The molecule has 3 fully saturated rings. The van der Waals surface area contributed by atoms with Gasteiger partial charge in [0.15, 0.2) is 0 Å². The summed E-state index contributed by atoms with van der Waals surface area (Å²) in [7, 11) is 0. The first kappa shape index (κ1) is 10.4. The average Bonchev–Trinajstić information content (AvgIpc) is 2.89. The van der Waals surface area contributed by atoms with Gasteiger partial charge in [-0.05, 0) is 62.2 Å². The van der Waals surface area contributed by atoms with E-state index in [9.17, 15) is 4.79 Å². The number of carbonyl (C=O) groups is 1. The van der Waals surface area contributed by atoms with Gasteiger partial charge in [-0.2, -0.15) is 0 Å². The highest BCUT2D eigenvalue weighted by Gasteiger charge is 2.49. The van der Waals surface area contributed by atoms with Crippen molar-refractivity contribution in [2.45, 2.75) is 44.6 Å². The van der Waals surface area contributed by atoms with Gasteiger partial charge in [0, 0.05) is 6.08 Å². The molecule has 0 heterocycles. The molecule has 0 radical (unpaired) electrons. The first-order valence-corrected chi connectivity index (χ1v) is 6.61. The number of hydrogen-bond acceptors (Lipinski definition) is 2. The zero-order chi connectivity index (χ0) is 11.1. The molecule has 3 saturated carbocycles. The van der Waals surface area contributed by atoms with Crippen LogP contribution >= 0.6 is 0 Å². The third kappa shape index (κ3) is 1.59. The van der Waals surface area contributed by atoms with Gasteiger partial charge in [-0.15, -0.1) is 0 Å². The molecule has 3 aliphatic carbocycles. The van der Waals surface area contributed by atoms with Crippen molar-refractivity contribution in [3.63, 3.8) is 0 Å². The van der Waals surface area contributed by atoms with Crippen molar-refractivity contribution in [1.82, 2.24) is 0 Å². The van der Waals surface area contributed by atoms with E-state index in [1.54, 1.807) is 0 Å². The quantitative estimate of drug-likeness (QED) is 0.528. The van der Waals surface area contributed by atoms with E-state index in [-0.39, 0.29) is 12.1 Å². The largest absolute Gasteiger partial charge is 0.459 e. The molecule has 88 valence electrons. The van der Waals surface area contributed by atoms with Crippen molar-refractivity contribution in [3.8, 4) is 0 Å². The molecule has 2 heteroatoms. The summed E-state index contributed by atoms with van der Waals surface area (Å²) in [6.07, 6.45) is 9.27. The van der Waals surface area contributed by atoms with Crippen molar-refractivity contribution in [3.05, 3.63) is 12.7 Å². The van der Waals surface area contributed by atoms with Gasteiger partial charge in [-0.25, -0.2) is 4.79 Å². The highest BCUT2D eigenvalue weighted by molar-refractivity contribution is 5.81. The summed E-state index contributed by atoms with van der Waals surface area (Å²) in [6, 6.07) is 0. The number of carbonyl (C=O) groups excluding carboxylic acids is 1. The van der Waals surface area contributed by atoms with Crippen molar-refractivity contribution in [2.24, 2.45) is 23.7 Å². The number of ether oxygens (including phenoxy) is 1. The lowest BCUT2D eigenvalue weighted by Crippen LogP contribution is -2.34. The molecular formula is C14H20O2. The van der Waals surface area contributed by atoms with Crippen LogP contribution in [0.5, 0.6) is 0 Å². The third-order valence-corrected chi connectivity index (χ3v) is 5.08. The van der Waals surface area contributed by atoms with Crippen LogP contribution in [0.3, 0.4) is 0 Å². The molecule has 0 spiro atoms. The maximum absolute atomic E-state index is 11.2. The van der Waals surface area contributed by atoms with E-state index in [1.165, 1.54) is 31.8 Å². The van der Waals surface area contributed by atoms with Crippen molar-refractivity contribution in [1.29, 1.82) is 0 Å². The van der Waals surface area contributed by atoms with E-state index >= 15 is 0 Å². The molecule has 5 unspecified atom stereocenters. The predicted octanol–water partition coefficient (Wildman–Crippen LogP) is 2.93. The fraction of sp³-hybridized carbons (Fsp3) is 0.786. The molecule has 0 N–H and O–H groups in total. The van der Waals surface area contributed by atoms with Crippen LogP contribution in [-0.4, -0.2) is 12.1 Å². The van der Waals surface area contributed by atoms with Crippen LogP contribution in [0.4, 0.5) is 0 Å². The van der Waals surface area contributed by atoms with Crippen LogP contribution in [0, 0.1) is 23.7 Å². The normalized spacial score (nSPS) is 45.1. The Bertz CT molecular complexity index is 310. The van der Waals surface area contributed by atoms with E-state index in [4.69, 9.17) is 4.74 Å². The summed E-state index contributed by atoms with van der Waals surface area (Å²) < 4.78 is 5.40. The van der Waals surface area contributed by atoms with Gasteiger partial charge in [0.25, 0.3) is 0 Å². The van der Waals surface area contributed by atoms with E-state index < -0.39 is 0 Å². The summed E-state index contributed by atoms with van der Waals surface area (Å²) in [6.45, 7) is 3.46. The Morgan fingerprint density at radius 1 is 1.06 bits per heavy atom. The Morgan fingerprint density at radius 2 is 1.81 bits per heavy atom. The highest BCUT2D eigenvalue weighted by Crippen LogP contribution is 2.57. The molecule has 0 aromatic heterocycles. The average molecular weight is 220 g/mol. The second-order valence-electron chi connectivity index (χ2n) is 5.74. The van der Waals surface area contributed by atoms with E-state index in [1.807, 2.05) is 0 Å². The van der Waals surface area contributed by atoms with Crippen molar-refractivity contribution < 1.29 is 9.53 Å². The molecule has 0 aromatic carbocycles. The van der Waals surface area contributed by atoms with Gasteiger partial charge < -0.3 is 4.74 Å². The third-order valence-electron chi connectivity index (χ3n) is 5.08. The molecule has 0 saturated heterocycles. The maximum atomic E-state index is 11.2. The summed E-state index contributed by atoms with van der Waals surface area (Å²) in [5.74, 6) is 3.52. The second kappa shape index (κ2) is 3.90. The molecule has 3 rings (SSSR count). The predicted molar refractivity (Wildman–Crippen MR) is 61.7 cm³/mol. The number of esters is 1. The number of hydrogen-bond donors (Lipinski definition) is 0. The Hall–Kier alpha value is -0.790. The molecule has 0 amide bonds. The Balaban J connectivity index is 1.63. The zero-order valence-electron chi connectivity index (χ0n) is 9.73. The highest BCUT2D eigenvalue weighted by atomic mass is 16.5. The van der Waals surface area contributed by atoms with E-state index in [0.717, 1.165) is 36.5 Å². The SMILES string of the molecule is C=CC(=O)OC1CCC2C3CCC(C3)C2C1. The zero-order valence-corrected chi connectivity index (χ0v) is 9.73. The van der Waals surface area contributed by atoms with Gasteiger partial charge in [-0.1, -0.05) is 6.58 Å². The molecule has 16 heavy (non-hydrogen) atoms. The standard InChI is InChI=1S/C14H20O2/c1-2-14(15)16-11-5-6-12-9-3-4-10(7-9)13(12)8-11/h2,9-13H,1,3-8H2. The molecule has 5 atom stereocenters. The lowest BCUT2D eigenvalue weighted by molar-refractivity contribution is -0.146. The number of fused-ring (bicyclic) bond motifs is 5. The first-order chi connectivity index (χ1) is 7.78. The van der Waals surface area contributed by atoms with Crippen molar-refractivity contribution in [2.75, 3.05) is 0 Å². The van der Waals surface area contributed by atoms with Crippen LogP contribution in [0.2, 0.25) is 0 Å². The van der Waals surface area contributed by atoms with Gasteiger partial charge in [0.05, 0.1) is 0 Å². The van der Waals surface area contributed by atoms with Gasteiger partial charge in [-0.3, -0.25) is 0 Å². The summed E-state index contributed by atoms with van der Waals surface area (Å²) in [4.78, 5) is 11.2. The van der Waals surface area contributed by atoms with Gasteiger partial charge >= 0.3 is 5.97 Å². The molecule has 3 aliphatic rings. The Labute approximate surface area is 97.1 Å². The van der Waals surface area contributed by atoms with Crippen LogP contribution < -0.4 is 0 Å². The van der Waals surface area contributed by atoms with Crippen LogP contribution in [0.1, 0.15) is 38.5 Å². The number of rotatable bonds is 2. The minimum absolute atomic E-state index is 0.172. The van der Waals surface area contributed by atoms with Crippen molar-refractivity contribution >= 4 is 5.97 Å². The molecule has 0 aliphatic heterocycles.